The SMILES string of the molecule is CS(=O)(=O)Nc1ccc(C(=O)N2CCOCC2CO)cc1. The number of rotatable bonds is 4. The Morgan fingerprint density at radius 3 is 2.67 bits per heavy atom. The molecule has 1 amide bonds. The Kier molecular flexibility index (Phi) is 4.81. The summed E-state index contributed by atoms with van der Waals surface area (Å²) in [6, 6.07) is 5.82. The number of carbonyl (C=O) groups excluding carboxylic acids is 1. The van der Waals surface area contributed by atoms with Gasteiger partial charge in [-0.3, -0.25) is 9.52 Å². The molecule has 0 bridgehead atoms. The second-order valence-corrected chi connectivity index (χ2v) is 6.61. The standard InChI is InChI=1S/C13H18N2O5S/c1-21(18,19)14-11-4-2-10(3-5-11)13(17)15-6-7-20-9-12(15)8-16/h2-5,12,14,16H,6-9H2,1H3. The molecule has 8 heteroatoms. The zero-order valence-corrected chi connectivity index (χ0v) is 12.5. The molecule has 1 aromatic rings. The first-order valence-corrected chi connectivity index (χ1v) is 8.37. The van der Waals surface area contributed by atoms with Crippen LogP contribution < -0.4 is 4.72 Å². The minimum Gasteiger partial charge on any atom is -0.394 e. The molecule has 1 heterocycles. The number of anilines is 1. The van der Waals surface area contributed by atoms with Crippen LogP contribution in [0.2, 0.25) is 0 Å². The number of sulfonamides is 1. The summed E-state index contributed by atoms with van der Waals surface area (Å²) in [5.41, 5.74) is 0.837. The second kappa shape index (κ2) is 6.42. The van der Waals surface area contributed by atoms with Gasteiger partial charge in [0.1, 0.15) is 0 Å². The fourth-order valence-corrected chi connectivity index (χ4v) is 2.70. The summed E-state index contributed by atoms with van der Waals surface area (Å²) in [5, 5.41) is 9.28. The molecule has 21 heavy (non-hydrogen) atoms. The summed E-state index contributed by atoms with van der Waals surface area (Å²) >= 11 is 0. The van der Waals surface area contributed by atoms with E-state index in [1.54, 1.807) is 17.0 Å². The van der Waals surface area contributed by atoms with E-state index in [9.17, 15) is 18.3 Å². The number of hydrogen-bond acceptors (Lipinski definition) is 5. The van der Waals surface area contributed by atoms with Crippen LogP contribution in [0.3, 0.4) is 0 Å². The molecule has 1 atom stereocenters. The van der Waals surface area contributed by atoms with Gasteiger partial charge >= 0.3 is 0 Å². The van der Waals surface area contributed by atoms with Gasteiger partial charge in [0.05, 0.1) is 32.1 Å². The molecule has 2 N–H and O–H groups in total. The fraction of sp³-hybridized carbons (Fsp3) is 0.462. The quantitative estimate of drug-likeness (QED) is 0.808. The van der Waals surface area contributed by atoms with E-state index in [2.05, 4.69) is 4.72 Å². The van der Waals surface area contributed by atoms with Crippen LogP contribution in [0.4, 0.5) is 5.69 Å². The summed E-state index contributed by atoms with van der Waals surface area (Å²) in [5.74, 6) is -0.205. The van der Waals surface area contributed by atoms with Crippen molar-refractivity contribution < 1.29 is 23.1 Å². The lowest BCUT2D eigenvalue weighted by molar-refractivity contribution is -0.0183. The van der Waals surface area contributed by atoms with Gasteiger partial charge in [-0.05, 0) is 24.3 Å². The third-order valence-corrected chi connectivity index (χ3v) is 3.74. The van der Waals surface area contributed by atoms with Crippen molar-refractivity contribution in [2.45, 2.75) is 6.04 Å². The summed E-state index contributed by atoms with van der Waals surface area (Å²) in [4.78, 5) is 14.0. The summed E-state index contributed by atoms with van der Waals surface area (Å²) in [6.45, 7) is 1.03. The van der Waals surface area contributed by atoms with Crippen LogP contribution in [0.5, 0.6) is 0 Å². The van der Waals surface area contributed by atoms with Gasteiger partial charge in [-0.2, -0.15) is 0 Å². The van der Waals surface area contributed by atoms with E-state index < -0.39 is 10.0 Å². The van der Waals surface area contributed by atoms with Crippen molar-refractivity contribution >= 4 is 21.6 Å². The molecule has 1 aliphatic heterocycles. The number of ether oxygens (including phenoxy) is 1. The lowest BCUT2D eigenvalue weighted by atomic mass is 10.1. The molecular formula is C13H18N2O5S. The molecule has 1 unspecified atom stereocenters. The van der Waals surface area contributed by atoms with E-state index in [-0.39, 0.29) is 18.6 Å². The van der Waals surface area contributed by atoms with Crippen LogP contribution in [0.15, 0.2) is 24.3 Å². The topological polar surface area (TPSA) is 95.9 Å². The van der Waals surface area contributed by atoms with Gasteiger partial charge in [0.2, 0.25) is 10.0 Å². The van der Waals surface area contributed by atoms with E-state index >= 15 is 0 Å². The molecule has 0 saturated carbocycles. The largest absolute Gasteiger partial charge is 0.394 e. The molecule has 116 valence electrons. The third-order valence-electron chi connectivity index (χ3n) is 3.13. The van der Waals surface area contributed by atoms with Gasteiger partial charge < -0.3 is 14.7 Å². The van der Waals surface area contributed by atoms with Crippen LogP contribution in [-0.4, -0.2) is 63.0 Å². The van der Waals surface area contributed by atoms with Crippen LogP contribution in [0.1, 0.15) is 10.4 Å². The molecule has 7 nitrogen and oxygen atoms in total. The monoisotopic (exact) mass is 314 g/mol. The first-order valence-electron chi connectivity index (χ1n) is 6.48. The average Bonchev–Trinajstić information content (AvgIpc) is 2.45. The maximum Gasteiger partial charge on any atom is 0.254 e. The lowest BCUT2D eigenvalue weighted by Crippen LogP contribution is -2.50. The van der Waals surface area contributed by atoms with Crippen molar-refractivity contribution in [1.29, 1.82) is 0 Å². The smallest absolute Gasteiger partial charge is 0.254 e. The second-order valence-electron chi connectivity index (χ2n) is 4.86. The molecule has 0 aliphatic carbocycles. The maximum absolute atomic E-state index is 12.4. The number of benzene rings is 1. The zero-order chi connectivity index (χ0) is 15.5. The molecule has 1 aromatic carbocycles. The molecular weight excluding hydrogens is 296 g/mol. The Labute approximate surface area is 123 Å². The minimum atomic E-state index is -3.34. The van der Waals surface area contributed by atoms with Crippen molar-refractivity contribution in [1.82, 2.24) is 4.90 Å². The van der Waals surface area contributed by atoms with Crippen molar-refractivity contribution in [2.75, 3.05) is 37.3 Å². The van der Waals surface area contributed by atoms with Crippen LogP contribution in [0.25, 0.3) is 0 Å². The van der Waals surface area contributed by atoms with Gasteiger partial charge in [0, 0.05) is 17.8 Å². The first kappa shape index (κ1) is 15.7. The molecule has 0 spiro atoms. The number of carbonyl (C=O) groups is 1. The molecule has 0 aromatic heterocycles. The zero-order valence-electron chi connectivity index (χ0n) is 11.7. The molecule has 1 fully saturated rings. The summed E-state index contributed by atoms with van der Waals surface area (Å²) in [6.07, 6.45) is 1.06. The summed E-state index contributed by atoms with van der Waals surface area (Å²) in [7, 11) is -3.34. The van der Waals surface area contributed by atoms with Gasteiger partial charge in [0.25, 0.3) is 5.91 Å². The highest BCUT2D eigenvalue weighted by Crippen LogP contribution is 2.15. The van der Waals surface area contributed by atoms with E-state index in [1.807, 2.05) is 0 Å². The Balaban J connectivity index is 2.12. The number of aliphatic hydroxyl groups is 1. The Morgan fingerprint density at radius 2 is 2.10 bits per heavy atom. The van der Waals surface area contributed by atoms with Crippen LogP contribution in [-0.2, 0) is 14.8 Å². The van der Waals surface area contributed by atoms with Gasteiger partial charge in [0.15, 0.2) is 0 Å². The highest BCUT2D eigenvalue weighted by atomic mass is 32.2. The van der Waals surface area contributed by atoms with Crippen LogP contribution in [0, 0.1) is 0 Å². The normalized spacial score (nSPS) is 19.3. The highest BCUT2D eigenvalue weighted by Gasteiger charge is 2.27. The Hall–Kier alpha value is -1.64. The maximum atomic E-state index is 12.4. The first-order chi connectivity index (χ1) is 9.90. The fourth-order valence-electron chi connectivity index (χ4n) is 2.13. The van der Waals surface area contributed by atoms with Crippen LogP contribution >= 0.6 is 0 Å². The molecule has 1 aliphatic rings. The van der Waals surface area contributed by atoms with E-state index in [0.717, 1.165) is 6.26 Å². The number of aliphatic hydroxyl groups excluding tert-OH is 1. The van der Waals surface area contributed by atoms with E-state index in [0.29, 0.717) is 31.0 Å². The van der Waals surface area contributed by atoms with E-state index in [4.69, 9.17) is 4.74 Å². The summed E-state index contributed by atoms with van der Waals surface area (Å²) < 4.78 is 29.8. The lowest BCUT2D eigenvalue weighted by Gasteiger charge is -2.34. The predicted molar refractivity (Wildman–Crippen MR) is 77.6 cm³/mol. The number of amides is 1. The minimum absolute atomic E-state index is 0.153. The molecule has 1 saturated heterocycles. The van der Waals surface area contributed by atoms with Crippen molar-refractivity contribution in [3.63, 3.8) is 0 Å². The highest BCUT2D eigenvalue weighted by molar-refractivity contribution is 7.92. The third kappa shape index (κ3) is 4.16. The number of nitrogens with zero attached hydrogens (tertiary/aromatic N) is 1. The average molecular weight is 314 g/mol. The van der Waals surface area contributed by atoms with Crippen molar-refractivity contribution in [3.8, 4) is 0 Å². The number of morpholine rings is 1. The predicted octanol–water partition coefficient (Wildman–Crippen LogP) is -0.109. The van der Waals surface area contributed by atoms with Gasteiger partial charge in [-0.1, -0.05) is 0 Å². The van der Waals surface area contributed by atoms with E-state index in [1.165, 1.54) is 12.1 Å². The Morgan fingerprint density at radius 1 is 1.43 bits per heavy atom. The number of hydrogen-bond donors (Lipinski definition) is 2. The number of nitrogens with one attached hydrogen (secondary N) is 1. The Bertz CT molecular complexity index is 599. The molecule has 0 radical (unpaired) electrons. The van der Waals surface area contributed by atoms with Crippen molar-refractivity contribution in [3.05, 3.63) is 29.8 Å². The van der Waals surface area contributed by atoms with Gasteiger partial charge in [-0.15, -0.1) is 0 Å². The molecule has 2 rings (SSSR count). The van der Waals surface area contributed by atoms with Crippen molar-refractivity contribution in [2.24, 2.45) is 0 Å². The van der Waals surface area contributed by atoms with Gasteiger partial charge in [-0.25, -0.2) is 8.42 Å².